The van der Waals surface area contributed by atoms with E-state index in [0.717, 1.165) is 5.56 Å². The predicted octanol–water partition coefficient (Wildman–Crippen LogP) is 4.49. The van der Waals surface area contributed by atoms with Crippen LogP contribution in [0.2, 0.25) is 0 Å². The maximum absolute atomic E-state index is 13.1. The van der Waals surface area contributed by atoms with Gasteiger partial charge in [0.1, 0.15) is 23.4 Å². The molecule has 132 valence electrons. The monoisotopic (exact) mass is 358 g/mol. The summed E-state index contributed by atoms with van der Waals surface area (Å²) in [6.45, 7) is 0. The van der Waals surface area contributed by atoms with Crippen LogP contribution in [0.4, 0.5) is 0 Å². The molecule has 4 aromatic rings. The molecule has 0 amide bonds. The quantitative estimate of drug-likeness (QED) is 0.390. The molecule has 3 heterocycles. The third-order valence-electron chi connectivity index (χ3n) is 4.85. The van der Waals surface area contributed by atoms with Gasteiger partial charge in [-0.2, -0.15) is 0 Å². The van der Waals surface area contributed by atoms with Crippen molar-refractivity contribution >= 4 is 16.9 Å². The predicted molar refractivity (Wildman–Crippen MR) is 98.7 cm³/mol. The van der Waals surface area contributed by atoms with Crippen molar-refractivity contribution in [3.8, 4) is 16.9 Å². The Morgan fingerprint density at radius 2 is 1.74 bits per heavy atom. The third-order valence-corrected chi connectivity index (χ3v) is 4.85. The van der Waals surface area contributed by atoms with E-state index in [1.807, 2.05) is 36.4 Å². The van der Waals surface area contributed by atoms with Gasteiger partial charge in [-0.15, -0.1) is 0 Å². The van der Waals surface area contributed by atoms with Gasteiger partial charge in [-0.05, 0) is 29.8 Å². The number of hydrogen-bond donors (Lipinski definition) is 0. The molecule has 5 heteroatoms. The summed E-state index contributed by atoms with van der Waals surface area (Å²) in [4.78, 5) is 25.1. The van der Waals surface area contributed by atoms with Crippen LogP contribution >= 0.6 is 0 Å². The molecule has 2 aromatic heterocycles. The molecule has 5 rings (SSSR count). The first-order valence-electron chi connectivity index (χ1n) is 8.60. The molecule has 1 atom stereocenters. The fraction of sp³-hybridized carbons (Fsp3) is 0.0909. The number of fused-ring (bicyclic) bond motifs is 3. The van der Waals surface area contributed by atoms with Crippen molar-refractivity contribution in [2.75, 3.05) is 0 Å². The zero-order chi connectivity index (χ0) is 18.4. The number of esters is 1. The van der Waals surface area contributed by atoms with Crippen LogP contribution in [0.5, 0.6) is 5.75 Å². The minimum atomic E-state index is -0.356. The van der Waals surface area contributed by atoms with Gasteiger partial charge in [0.25, 0.3) is 0 Å². The van der Waals surface area contributed by atoms with Gasteiger partial charge in [0.2, 0.25) is 5.43 Å². The normalized spacial score (nSPS) is 16.1. The number of benzene rings is 2. The molecule has 1 aliphatic rings. The molecule has 0 saturated carbocycles. The number of hydrogen-bond acceptors (Lipinski definition) is 5. The van der Waals surface area contributed by atoms with Crippen molar-refractivity contribution in [1.29, 1.82) is 0 Å². The molecule has 2 aromatic carbocycles. The van der Waals surface area contributed by atoms with Gasteiger partial charge in [-0.25, -0.2) is 0 Å². The van der Waals surface area contributed by atoms with Gasteiger partial charge in [-0.1, -0.05) is 30.3 Å². The Bertz CT molecular complexity index is 1200. The summed E-state index contributed by atoms with van der Waals surface area (Å²) in [5.41, 5.74) is 2.25. The van der Waals surface area contributed by atoms with E-state index < -0.39 is 0 Å². The Hall–Kier alpha value is -3.60. The Balaban J connectivity index is 1.77. The van der Waals surface area contributed by atoms with Crippen LogP contribution < -0.4 is 10.2 Å². The van der Waals surface area contributed by atoms with Crippen molar-refractivity contribution in [3.63, 3.8) is 0 Å². The van der Waals surface area contributed by atoms with E-state index >= 15 is 0 Å². The van der Waals surface area contributed by atoms with E-state index in [0.29, 0.717) is 33.6 Å². The van der Waals surface area contributed by atoms with Crippen LogP contribution in [0.15, 0.2) is 80.8 Å². The van der Waals surface area contributed by atoms with E-state index in [1.54, 1.807) is 24.5 Å². The molecular weight excluding hydrogens is 344 g/mol. The molecule has 1 aliphatic heterocycles. The Kier molecular flexibility index (Phi) is 3.47. The van der Waals surface area contributed by atoms with Gasteiger partial charge in [-0.3, -0.25) is 9.59 Å². The van der Waals surface area contributed by atoms with Crippen LogP contribution in [-0.4, -0.2) is 5.97 Å². The zero-order valence-corrected chi connectivity index (χ0v) is 14.2. The first kappa shape index (κ1) is 15.6. The molecule has 0 aliphatic carbocycles. The van der Waals surface area contributed by atoms with Crippen molar-refractivity contribution in [2.24, 2.45) is 0 Å². The van der Waals surface area contributed by atoms with Crippen LogP contribution in [0, 0.1) is 0 Å². The summed E-state index contributed by atoms with van der Waals surface area (Å²) in [6, 6.07) is 16.2. The van der Waals surface area contributed by atoms with Gasteiger partial charge < -0.3 is 13.6 Å². The maximum Gasteiger partial charge on any atom is 0.312 e. The number of carbonyl (C=O) groups excluding carboxylic acids is 1. The summed E-state index contributed by atoms with van der Waals surface area (Å²) < 4.78 is 16.8. The van der Waals surface area contributed by atoms with Crippen LogP contribution in [0.25, 0.3) is 22.1 Å². The van der Waals surface area contributed by atoms with Gasteiger partial charge in [0.05, 0.1) is 29.6 Å². The van der Waals surface area contributed by atoms with Crippen LogP contribution in [-0.2, 0) is 4.79 Å². The SMILES string of the molecule is O=C1C[C@@H](c2ccco2)c2c(ccc3c(=O)c(-c4ccccc4)coc23)O1. The largest absolute Gasteiger partial charge is 0.469 e. The highest BCUT2D eigenvalue weighted by molar-refractivity contribution is 5.90. The Morgan fingerprint density at radius 1 is 0.889 bits per heavy atom. The highest BCUT2D eigenvalue weighted by Gasteiger charge is 2.33. The highest BCUT2D eigenvalue weighted by Crippen LogP contribution is 2.42. The summed E-state index contributed by atoms with van der Waals surface area (Å²) in [5.74, 6) is 0.336. The number of rotatable bonds is 2. The smallest absolute Gasteiger partial charge is 0.312 e. The lowest BCUT2D eigenvalue weighted by Gasteiger charge is -2.23. The van der Waals surface area contributed by atoms with E-state index in [9.17, 15) is 9.59 Å². The van der Waals surface area contributed by atoms with E-state index in [-0.39, 0.29) is 23.7 Å². The molecule has 0 bridgehead atoms. The standard InChI is InChI=1S/C22H14O5/c23-19-11-15(17-7-4-10-25-17)20-18(27-19)9-8-14-21(24)16(12-26-22(14)20)13-5-2-1-3-6-13/h1-10,12,15H,11H2/t15-/m0/s1. The maximum atomic E-state index is 13.1. The minimum absolute atomic E-state index is 0.125. The number of carbonyl (C=O) groups is 1. The lowest BCUT2D eigenvalue weighted by atomic mass is 9.89. The van der Waals surface area contributed by atoms with E-state index in [4.69, 9.17) is 13.6 Å². The molecule has 5 nitrogen and oxygen atoms in total. The van der Waals surface area contributed by atoms with Gasteiger partial charge >= 0.3 is 5.97 Å². The summed E-state index contributed by atoms with van der Waals surface area (Å²) in [6.07, 6.45) is 3.16. The fourth-order valence-electron chi connectivity index (χ4n) is 3.60. The molecule has 0 saturated heterocycles. The Morgan fingerprint density at radius 3 is 2.52 bits per heavy atom. The molecule has 0 fully saturated rings. The number of ether oxygens (including phenoxy) is 1. The highest BCUT2D eigenvalue weighted by atomic mass is 16.5. The second-order valence-corrected chi connectivity index (χ2v) is 6.44. The molecular formula is C22H14O5. The molecule has 27 heavy (non-hydrogen) atoms. The summed E-state index contributed by atoms with van der Waals surface area (Å²) >= 11 is 0. The second-order valence-electron chi connectivity index (χ2n) is 6.44. The average Bonchev–Trinajstić information content (AvgIpc) is 3.22. The lowest BCUT2D eigenvalue weighted by molar-refractivity contribution is -0.135. The minimum Gasteiger partial charge on any atom is -0.469 e. The van der Waals surface area contributed by atoms with Crippen LogP contribution in [0.1, 0.15) is 23.7 Å². The molecule has 0 unspecified atom stereocenters. The van der Waals surface area contributed by atoms with Crippen molar-refractivity contribution in [1.82, 2.24) is 0 Å². The van der Waals surface area contributed by atoms with E-state index in [1.165, 1.54) is 6.26 Å². The zero-order valence-electron chi connectivity index (χ0n) is 14.2. The topological polar surface area (TPSA) is 69.7 Å². The van der Waals surface area contributed by atoms with Crippen molar-refractivity contribution in [2.45, 2.75) is 12.3 Å². The first-order valence-corrected chi connectivity index (χ1v) is 8.60. The molecule has 0 radical (unpaired) electrons. The third kappa shape index (κ3) is 2.47. The molecule has 0 N–H and O–H groups in total. The van der Waals surface area contributed by atoms with Crippen molar-refractivity contribution in [3.05, 3.63) is 88.7 Å². The summed E-state index contributed by atoms with van der Waals surface area (Å²) in [5, 5.41) is 0.449. The lowest BCUT2D eigenvalue weighted by Crippen LogP contribution is -2.21. The second kappa shape index (κ2) is 5.99. The van der Waals surface area contributed by atoms with Crippen molar-refractivity contribution < 1.29 is 18.4 Å². The fourth-order valence-corrected chi connectivity index (χ4v) is 3.60. The molecule has 0 spiro atoms. The van der Waals surface area contributed by atoms with Gasteiger partial charge in [0, 0.05) is 5.56 Å². The van der Waals surface area contributed by atoms with E-state index in [2.05, 4.69) is 0 Å². The number of furan rings is 1. The average molecular weight is 358 g/mol. The summed E-state index contributed by atoms with van der Waals surface area (Å²) in [7, 11) is 0. The van der Waals surface area contributed by atoms with Crippen LogP contribution in [0.3, 0.4) is 0 Å². The Labute approximate surface area is 153 Å². The van der Waals surface area contributed by atoms with Gasteiger partial charge in [0.15, 0.2) is 0 Å². The first-order chi connectivity index (χ1) is 13.2.